The number of carbonyl (C=O) groups excluding carboxylic acids is 2. The van der Waals surface area contributed by atoms with E-state index in [0.717, 1.165) is 17.0 Å². The number of rotatable bonds is 7. The summed E-state index contributed by atoms with van der Waals surface area (Å²) in [5.41, 5.74) is 3.17. The molecule has 35 heavy (non-hydrogen) atoms. The minimum Gasteiger partial charge on any atom is -0.454 e. The van der Waals surface area contributed by atoms with Crippen molar-refractivity contribution in [2.45, 2.75) is 33.2 Å². The predicted molar refractivity (Wildman–Crippen MR) is 127 cm³/mol. The number of amides is 2. The molecule has 11 nitrogen and oxygen atoms in total. The van der Waals surface area contributed by atoms with E-state index in [1.165, 1.54) is 0 Å². The van der Waals surface area contributed by atoms with E-state index in [1.54, 1.807) is 34.8 Å². The summed E-state index contributed by atoms with van der Waals surface area (Å²) in [4.78, 5) is 33.7. The average molecular weight is 541 g/mol. The van der Waals surface area contributed by atoms with Crippen LogP contribution in [0, 0.1) is 13.8 Å². The maximum Gasteiger partial charge on any atom is 0.287 e. The number of fused-ring (bicyclic) bond motifs is 2. The van der Waals surface area contributed by atoms with Crippen LogP contribution in [0.5, 0.6) is 11.5 Å². The van der Waals surface area contributed by atoms with E-state index in [2.05, 4.69) is 41.6 Å². The Morgan fingerprint density at radius 1 is 1.11 bits per heavy atom. The van der Waals surface area contributed by atoms with Crippen LogP contribution in [0.3, 0.4) is 0 Å². The summed E-state index contributed by atoms with van der Waals surface area (Å²) >= 11 is 3.17. The summed E-state index contributed by atoms with van der Waals surface area (Å²) in [5, 5.41) is 10.1. The topological polar surface area (TPSA) is 133 Å². The molecular formula is C23H21BrN6O5. The molecule has 1 aliphatic rings. The van der Waals surface area contributed by atoms with E-state index in [9.17, 15) is 9.59 Å². The second kappa shape index (κ2) is 9.37. The van der Waals surface area contributed by atoms with Gasteiger partial charge in [0.05, 0.1) is 6.54 Å². The number of aromatic nitrogens is 4. The fraction of sp³-hybridized carbons (Fsp3) is 0.261. The van der Waals surface area contributed by atoms with Crippen LogP contribution in [0.25, 0.3) is 5.78 Å². The number of anilines is 1. The molecule has 5 rings (SSSR count). The number of hydrogen-bond donors (Lipinski definition) is 2. The highest BCUT2D eigenvalue weighted by Gasteiger charge is 2.17. The van der Waals surface area contributed by atoms with Gasteiger partial charge >= 0.3 is 0 Å². The molecule has 4 heterocycles. The molecule has 0 bridgehead atoms. The highest BCUT2D eigenvalue weighted by molar-refractivity contribution is 9.10. The Bertz CT molecular complexity index is 1450. The molecule has 0 spiro atoms. The summed E-state index contributed by atoms with van der Waals surface area (Å²) in [7, 11) is 0. The molecule has 0 radical (unpaired) electrons. The van der Waals surface area contributed by atoms with Crippen molar-refractivity contribution in [1.82, 2.24) is 24.9 Å². The first kappa shape index (κ1) is 22.8. The Balaban J connectivity index is 1.24. The summed E-state index contributed by atoms with van der Waals surface area (Å²) in [5.74, 6) is 1.80. The molecule has 0 saturated heterocycles. The lowest BCUT2D eigenvalue weighted by molar-refractivity contribution is -0.116. The van der Waals surface area contributed by atoms with Gasteiger partial charge in [-0.1, -0.05) is 0 Å². The third kappa shape index (κ3) is 4.83. The van der Waals surface area contributed by atoms with Crippen molar-refractivity contribution in [2.24, 2.45) is 0 Å². The first-order valence-corrected chi connectivity index (χ1v) is 11.6. The van der Waals surface area contributed by atoms with Gasteiger partial charge in [0.2, 0.25) is 12.7 Å². The van der Waals surface area contributed by atoms with E-state index in [-0.39, 0.29) is 37.3 Å². The smallest absolute Gasteiger partial charge is 0.287 e. The molecule has 1 aliphatic heterocycles. The van der Waals surface area contributed by atoms with Gasteiger partial charge in [0, 0.05) is 29.6 Å². The van der Waals surface area contributed by atoms with Crippen molar-refractivity contribution in [1.29, 1.82) is 0 Å². The van der Waals surface area contributed by atoms with E-state index >= 15 is 0 Å². The number of halogens is 1. The third-order valence-electron chi connectivity index (χ3n) is 5.56. The van der Waals surface area contributed by atoms with Gasteiger partial charge < -0.3 is 24.5 Å². The second-order valence-corrected chi connectivity index (χ2v) is 8.69. The molecule has 0 aliphatic carbocycles. The Morgan fingerprint density at radius 3 is 2.74 bits per heavy atom. The SMILES string of the molecule is Cc1nc2nc(CNC(=O)c3ccc(Br)o3)nn2c(C)c1CCC(=O)Nc1ccc2c(c1)OCO2. The molecule has 4 aromatic rings. The molecule has 0 atom stereocenters. The highest BCUT2D eigenvalue weighted by atomic mass is 79.9. The van der Waals surface area contributed by atoms with Crippen LogP contribution in [0.4, 0.5) is 5.69 Å². The number of nitrogens with zero attached hydrogens (tertiary/aromatic N) is 4. The van der Waals surface area contributed by atoms with Crippen LogP contribution in [0.1, 0.15) is 39.8 Å². The van der Waals surface area contributed by atoms with E-state index < -0.39 is 0 Å². The number of benzene rings is 1. The predicted octanol–water partition coefficient (Wildman–Crippen LogP) is 3.33. The lowest BCUT2D eigenvalue weighted by atomic mass is 10.1. The highest BCUT2D eigenvalue weighted by Crippen LogP contribution is 2.34. The zero-order valence-corrected chi connectivity index (χ0v) is 20.5. The largest absolute Gasteiger partial charge is 0.454 e. The molecule has 0 unspecified atom stereocenters. The first-order chi connectivity index (χ1) is 16.9. The van der Waals surface area contributed by atoms with Crippen molar-refractivity contribution >= 4 is 39.2 Å². The zero-order chi connectivity index (χ0) is 24.5. The minimum absolute atomic E-state index is 0.117. The van der Waals surface area contributed by atoms with Crippen LogP contribution in [0.2, 0.25) is 0 Å². The Hall–Kier alpha value is -3.93. The number of ether oxygens (including phenoxy) is 2. The van der Waals surface area contributed by atoms with Gasteiger partial charge in [-0.3, -0.25) is 9.59 Å². The number of nitrogens with one attached hydrogen (secondary N) is 2. The minimum atomic E-state index is -0.371. The quantitative estimate of drug-likeness (QED) is 0.364. The monoisotopic (exact) mass is 540 g/mol. The van der Waals surface area contributed by atoms with E-state index in [0.29, 0.717) is 39.9 Å². The maximum atomic E-state index is 12.6. The van der Waals surface area contributed by atoms with Crippen molar-refractivity contribution in [3.63, 3.8) is 0 Å². The number of furan rings is 1. The standard InChI is InChI=1S/C23H21BrN6O5/c1-12-15(4-8-21(31)27-14-3-5-16-18(9-14)34-11-33-16)13(2)30-23(26-12)28-20(29-30)10-25-22(32)17-6-7-19(24)35-17/h3,5-7,9H,4,8,10-11H2,1-2H3,(H,25,32)(H,27,31). The van der Waals surface area contributed by atoms with Crippen LogP contribution in [0.15, 0.2) is 39.4 Å². The van der Waals surface area contributed by atoms with Gasteiger partial charge in [-0.05, 0) is 66.0 Å². The second-order valence-electron chi connectivity index (χ2n) is 7.90. The fourth-order valence-corrected chi connectivity index (χ4v) is 4.11. The molecular weight excluding hydrogens is 520 g/mol. The summed E-state index contributed by atoms with van der Waals surface area (Å²) in [6.45, 7) is 4.08. The van der Waals surface area contributed by atoms with Gasteiger partial charge in [0.1, 0.15) is 0 Å². The van der Waals surface area contributed by atoms with E-state index in [1.807, 2.05) is 13.8 Å². The third-order valence-corrected chi connectivity index (χ3v) is 5.98. The van der Waals surface area contributed by atoms with Crippen LogP contribution >= 0.6 is 15.9 Å². The molecule has 0 saturated carbocycles. The van der Waals surface area contributed by atoms with Crippen molar-refractivity contribution in [2.75, 3.05) is 12.1 Å². The van der Waals surface area contributed by atoms with E-state index in [4.69, 9.17) is 13.9 Å². The Morgan fingerprint density at radius 2 is 1.94 bits per heavy atom. The molecule has 180 valence electrons. The maximum absolute atomic E-state index is 12.6. The van der Waals surface area contributed by atoms with Crippen LogP contribution in [-0.4, -0.2) is 38.2 Å². The summed E-state index contributed by atoms with van der Waals surface area (Å²) in [6.07, 6.45) is 0.746. The normalized spacial score (nSPS) is 12.2. The number of hydrogen-bond acceptors (Lipinski definition) is 8. The lowest BCUT2D eigenvalue weighted by Crippen LogP contribution is -2.23. The number of carbonyl (C=O) groups is 2. The van der Waals surface area contributed by atoms with Gasteiger partial charge in [-0.25, -0.2) is 9.50 Å². The zero-order valence-electron chi connectivity index (χ0n) is 18.9. The fourth-order valence-electron chi connectivity index (χ4n) is 3.81. The van der Waals surface area contributed by atoms with Crippen molar-refractivity contribution in [3.05, 3.63) is 63.5 Å². The Labute approximate surface area is 208 Å². The lowest BCUT2D eigenvalue weighted by Gasteiger charge is -2.11. The molecule has 12 heteroatoms. The Kier molecular flexibility index (Phi) is 6.12. The van der Waals surface area contributed by atoms with Crippen LogP contribution in [-0.2, 0) is 17.8 Å². The van der Waals surface area contributed by atoms with Crippen molar-refractivity contribution in [3.8, 4) is 11.5 Å². The van der Waals surface area contributed by atoms with Crippen LogP contribution < -0.4 is 20.1 Å². The molecule has 3 aromatic heterocycles. The molecule has 2 amide bonds. The molecule has 1 aromatic carbocycles. The molecule has 2 N–H and O–H groups in total. The van der Waals surface area contributed by atoms with Crippen molar-refractivity contribution < 1.29 is 23.5 Å². The summed E-state index contributed by atoms with van der Waals surface area (Å²) in [6, 6.07) is 8.49. The van der Waals surface area contributed by atoms with Gasteiger partial charge in [0.25, 0.3) is 11.7 Å². The number of aryl methyl sites for hydroxylation is 2. The first-order valence-electron chi connectivity index (χ1n) is 10.8. The average Bonchev–Trinajstić information content (AvgIpc) is 3.56. The van der Waals surface area contributed by atoms with Gasteiger partial charge in [-0.15, -0.1) is 5.10 Å². The van der Waals surface area contributed by atoms with Gasteiger partial charge in [-0.2, -0.15) is 4.98 Å². The van der Waals surface area contributed by atoms with Gasteiger partial charge in [0.15, 0.2) is 27.8 Å². The summed E-state index contributed by atoms with van der Waals surface area (Å²) < 4.78 is 18.0. The molecule has 0 fully saturated rings.